The number of nitrogens with one attached hydrogen (secondary N) is 1. The summed E-state index contributed by atoms with van der Waals surface area (Å²) in [6, 6.07) is 8.71. The van der Waals surface area contributed by atoms with Gasteiger partial charge < -0.3 is 14.2 Å². The highest BCUT2D eigenvalue weighted by Crippen LogP contribution is 2.40. The molecule has 3 aromatic rings. The summed E-state index contributed by atoms with van der Waals surface area (Å²) < 4.78 is 11.4. The SMILES string of the molecule is O=C(Nc1ccc2oc(C3CC3)nc2c1)c1ccc(Br)o1. The molecule has 1 saturated carbocycles. The zero-order valence-electron chi connectivity index (χ0n) is 10.9. The smallest absolute Gasteiger partial charge is 0.291 e. The maximum Gasteiger partial charge on any atom is 0.291 e. The predicted molar refractivity (Wildman–Crippen MR) is 80.3 cm³/mol. The maximum absolute atomic E-state index is 12.0. The molecule has 21 heavy (non-hydrogen) atoms. The van der Waals surface area contributed by atoms with Gasteiger partial charge in [-0.05, 0) is 59.1 Å². The first-order valence-electron chi connectivity index (χ1n) is 6.66. The van der Waals surface area contributed by atoms with E-state index in [2.05, 4.69) is 26.2 Å². The first kappa shape index (κ1) is 12.6. The molecule has 0 unspecified atom stereocenters. The second-order valence-corrected chi connectivity index (χ2v) is 5.85. The number of hydrogen-bond acceptors (Lipinski definition) is 4. The molecule has 1 fully saturated rings. The highest BCUT2D eigenvalue weighted by Gasteiger charge is 2.28. The van der Waals surface area contributed by atoms with Gasteiger partial charge in [-0.15, -0.1) is 0 Å². The summed E-state index contributed by atoms with van der Waals surface area (Å²) in [6.45, 7) is 0. The van der Waals surface area contributed by atoms with Crippen LogP contribution in [0, 0.1) is 0 Å². The Bertz CT molecular complexity index is 832. The fourth-order valence-corrected chi connectivity index (χ4v) is 2.46. The fraction of sp³-hybridized carbons (Fsp3) is 0.200. The minimum absolute atomic E-state index is 0.251. The largest absolute Gasteiger partial charge is 0.444 e. The molecule has 1 aromatic carbocycles. The molecule has 4 rings (SSSR count). The molecule has 0 saturated heterocycles. The van der Waals surface area contributed by atoms with E-state index in [9.17, 15) is 4.79 Å². The molecular weight excluding hydrogens is 336 g/mol. The Morgan fingerprint density at radius 2 is 2.10 bits per heavy atom. The van der Waals surface area contributed by atoms with Gasteiger partial charge in [-0.1, -0.05) is 0 Å². The van der Waals surface area contributed by atoms with Crippen molar-refractivity contribution in [3.63, 3.8) is 0 Å². The van der Waals surface area contributed by atoms with E-state index in [0.29, 0.717) is 16.3 Å². The second kappa shape index (κ2) is 4.73. The third-order valence-electron chi connectivity index (χ3n) is 3.39. The van der Waals surface area contributed by atoms with Gasteiger partial charge in [-0.3, -0.25) is 4.79 Å². The van der Waals surface area contributed by atoms with E-state index in [1.165, 1.54) is 0 Å². The van der Waals surface area contributed by atoms with Crippen LogP contribution in [0.3, 0.4) is 0 Å². The zero-order chi connectivity index (χ0) is 14.4. The van der Waals surface area contributed by atoms with E-state index in [4.69, 9.17) is 8.83 Å². The Hall–Kier alpha value is -2.08. The Morgan fingerprint density at radius 1 is 1.24 bits per heavy atom. The second-order valence-electron chi connectivity index (χ2n) is 5.07. The molecule has 1 aliphatic carbocycles. The van der Waals surface area contributed by atoms with Crippen molar-refractivity contribution in [3.05, 3.63) is 46.7 Å². The first-order chi connectivity index (χ1) is 10.2. The molecule has 106 valence electrons. The lowest BCUT2D eigenvalue weighted by Gasteiger charge is -2.02. The minimum atomic E-state index is -0.300. The number of aromatic nitrogens is 1. The molecule has 2 heterocycles. The number of furan rings is 1. The van der Waals surface area contributed by atoms with Crippen LogP contribution in [0.1, 0.15) is 35.2 Å². The summed E-state index contributed by atoms with van der Waals surface area (Å²) in [6.07, 6.45) is 2.29. The third kappa shape index (κ3) is 2.47. The monoisotopic (exact) mass is 346 g/mol. The van der Waals surface area contributed by atoms with Gasteiger partial charge in [-0.25, -0.2) is 4.98 Å². The fourth-order valence-electron chi connectivity index (χ4n) is 2.16. The summed E-state index contributed by atoms with van der Waals surface area (Å²) in [4.78, 5) is 16.5. The topological polar surface area (TPSA) is 68.3 Å². The van der Waals surface area contributed by atoms with E-state index in [1.807, 2.05) is 6.07 Å². The summed E-state index contributed by atoms with van der Waals surface area (Å²) >= 11 is 3.17. The van der Waals surface area contributed by atoms with Crippen LogP contribution in [-0.4, -0.2) is 10.9 Å². The van der Waals surface area contributed by atoms with Crippen LogP contribution < -0.4 is 5.32 Å². The van der Waals surface area contributed by atoms with Gasteiger partial charge in [0.25, 0.3) is 5.91 Å². The molecule has 0 atom stereocenters. The summed E-state index contributed by atoms with van der Waals surface area (Å²) in [5.41, 5.74) is 2.17. The lowest BCUT2D eigenvalue weighted by atomic mass is 10.3. The van der Waals surface area contributed by atoms with Crippen molar-refractivity contribution in [2.24, 2.45) is 0 Å². The van der Waals surface area contributed by atoms with Crippen LogP contribution in [0.5, 0.6) is 0 Å². The van der Waals surface area contributed by atoms with Crippen molar-refractivity contribution in [2.75, 3.05) is 5.32 Å². The molecule has 0 aliphatic heterocycles. The van der Waals surface area contributed by atoms with E-state index in [0.717, 1.165) is 29.8 Å². The van der Waals surface area contributed by atoms with Crippen molar-refractivity contribution in [1.82, 2.24) is 4.98 Å². The molecule has 1 aliphatic rings. The third-order valence-corrected chi connectivity index (χ3v) is 3.81. The summed E-state index contributed by atoms with van der Waals surface area (Å²) in [5.74, 6) is 1.21. The number of rotatable bonds is 3. The quantitative estimate of drug-likeness (QED) is 0.766. The van der Waals surface area contributed by atoms with E-state index in [-0.39, 0.29) is 11.7 Å². The van der Waals surface area contributed by atoms with Gasteiger partial charge in [0.05, 0.1) is 0 Å². The summed E-state index contributed by atoms with van der Waals surface area (Å²) in [7, 11) is 0. The molecule has 5 nitrogen and oxygen atoms in total. The van der Waals surface area contributed by atoms with Gasteiger partial charge in [0.2, 0.25) is 0 Å². The number of fused-ring (bicyclic) bond motifs is 1. The number of nitrogens with zero attached hydrogens (tertiary/aromatic N) is 1. The predicted octanol–water partition coefficient (Wildman–Crippen LogP) is 4.31. The van der Waals surface area contributed by atoms with Gasteiger partial charge in [0.1, 0.15) is 5.52 Å². The number of hydrogen-bond donors (Lipinski definition) is 1. The zero-order valence-corrected chi connectivity index (χ0v) is 12.5. The lowest BCUT2D eigenvalue weighted by molar-refractivity contribution is 0.0995. The Labute approximate surface area is 128 Å². The van der Waals surface area contributed by atoms with Crippen molar-refractivity contribution in [2.45, 2.75) is 18.8 Å². The van der Waals surface area contributed by atoms with E-state index < -0.39 is 0 Å². The van der Waals surface area contributed by atoms with Crippen molar-refractivity contribution in [1.29, 1.82) is 0 Å². The number of halogens is 1. The van der Waals surface area contributed by atoms with Crippen LogP contribution in [0.15, 0.2) is 43.8 Å². The van der Waals surface area contributed by atoms with Gasteiger partial charge >= 0.3 is 0 Å². The van der Waals surface area contributed by atoms with Gasteiger partial charge in [-0.2, -0.15) is 0 Å². The molecule has 0 bridgehead atoms. The van der Waals surface area contributed by atoms with Crippen molar-refractivity contribution in [3.8, 4) is 0 Å². The highest BCUT2D eigenvalue weighted by molar-refractivity contribution is 9.10. The average molecular weight is 347 g/mol. The molecule has 1 N–H and O–H groups in total. The van der Waals surface area contributed by atoms with Crippen LogP contribution in [0.25, 0.3) is 11.1 Å². The number of anilines is 1. The average Bonchev–Trinajstić information content (AvgIpc) is 3.09. The number of oxazole rings is 1. The Balaban J connectivity index is 1.59. The van der Waals surface area contributed by atoms with E-state index >= 15 is 0 Å². The molecule has 6 heteroatoms. The van der Waals surface area contributed by atoms with Crippen molar-refractivity contribution >= 4 is 38.6 Å². The Morgan fingerprint density at radius 3 is 2.81 bits per heavy atom. The normalized spacial score (nSPS) is 14.5. The molecule has 0 spiro atoms. The minimum Gasteiger partial charge on any atom is -0.444 e. The molecule has 2 aromatic heterocycles. The van der Waals surface area contributed by atoms with Crippen LogP contribution in [0.2, 0.25) is 0 Å². The number of amides is 1. The summed E-state index contributed by atoms with van der Waals surface area (Å²) in [5, 5.41) is 2.78. The molecule has 1 amide bonds. The number of carbonyl (C=O) groups is 1. The van der Waals surface area contributed by atoms with Gasteiger partial charge in [0.15, 0.2) is 21.9 Å². The van der Waals surface area contributed by atoms with Gasteiger partial charge in [0, 0.05) is 11.6 Å². The highest BCUT2D eigenvalue weighted by atomic mass is 79.9. The Kier molecular flexibility index (Phi) is 2.85. The molecule has 0 radical (unpaired) electrons. The van der Waals surface area contributed by atoms with E-state index in [1.54, 1.807) is 24.3 Å². The standard InChI is InChI=1S/C15H11BrN2O3/c16-13-6-5-12(20-13)14(19)17-9-3-4-11-10(7-9)18-15(21-11)8-1-2-8/h3-8H,1-2H2,(H,17,19). The van der Waals surface area contributed by atoms with Crippen LogP contribution >= 0.6 is 15.9 Å². The van der Waals surface area contributed by atoms with Crippen LogP contribution in [-0.2, 0) is 0 Å². The van der Waals surface area contributed by atoms with Crippen molar-refractivity contribution < 1.29 is 13.6 Å². The number of benzene rings is 1. The van der Waals surface area contributed by atoms with Crippen LogP contribution in [0.4, 0.5) is 5.69 Å². The molecular formula is C15H11BrN2O3. The lowest BCUT2D eigenvalue weighted by Crippen LogP contribution is -2.10. The maximum atomic E-state index is 12.0. The number of carbonyl (C=O) groups excluding carboxylic acids is 1. The first-order valence-corrected chi connectivity index (χ1v) is 7.45.